The molecule has 2 aromatic rings. The van der Waals surface area contributed by atoms with Gasteiger partial charge >= 0.3 is 0 Å². The number of rotatable bonds is 3. The number of aromatic nitrogens is 2. The summed E-state index contributed by atoms with van der Waals surface area (Å²) < 4.78 is 0. The number of aryl methyl sites for hydroxylation is 1. The molecule has 96 valence electrons. The zero-order valence-electron chi connectivity index (χ0n) is 10.5. The summed E-state index contributed by atoms with van der Waals surface area (Å²) in [6.45, 7) is 6.17. The molecule has 0 aromatic carbocycles. The third-order valence-corrected chi connectivity index (χ3v) is 4.46. The first-order valence-electron chi connectivity index (χ1n) is 5.85. The fourth-order valence-corrected chi connectivity index (χ4v) is 3.40. The van der Waals surface area contributed by atoms with Gasteiger partial charge in [-0.3, -0.25) is 0 Å². The van der Waals surface area contributed by atoms with Crippen LogP contribution >= 0.6 is 34.5 Å². The minimum Gasteiger partial charge on any atom is -0.215 e. The Hall–Kier alpha value is -0.640. The Morgan fingerprint density at radius 2 is 1.78 bits per heavy atom. The maximum Gasteiger partial charge on any atom is 0.172 e. The van der Waals surface area contributed by atoms with Crippen molar-refractivity contribution >= 4 is 34.5 Å². The van der Waals surface area contributed by atoms with Crippen LogP contribution < -0.4 is 0 Å². The van der Waals surface area contributed by atoms with Crippen LogP contribution in [0.15, 0.2) is 12.1 Å². The molecule has 2 nitrogen and oxygen atoms in total. The van der Waals surface area contributed by atoms with E-state index < -0.39 is 0 Å². The molecule has 0 aliphatic carbocycles. The van der Waals surface area contributed by atoms with Crippen LogP contribution in [0.1, 0.15) is 37.1 Å². The first-order chi connectivity index (χ1) is 8.52. The summed E-state index contributed by atoms with van der Waals surface area (Å²) in [5, 5.41) is 0.901. The third kappa shape index (κ3) is 2.68. The molecule has 0 aliphatic heterocycles. The highest BCUT2D eigenvalue weighted by Gasteiger charge is 2.16. The summed E-state index contributed by atoms with van der Waals surface area (Å²) in [7, 11) is 0. The Bertz CT molecular complexity index is 541. The Kier molecular flexibility index (Phi) is 4.25. The summed E-state index contributed by atoms with van der Waals surface area (Å²) in [6.07, 6.45) is 1.01. The van der Waals surface area contributed by atoms with Gasteiger partial charge in [-0.1, -0.05) is 44.0 Å². The number of thiophene rings is 1. The highest BCUT2D eigenvalue weighted by Crippen LogP contribution is 2.33. The van der Waals surface area contributed by atoms with E-state index in [0.717, 1.165) is 16.9 Å². The highest BCUT2D eigenvalue weighted by atomic mass is 35.5. The molecule has 0 aliphatic rings. The van der Waals surface area contributed by atoms with Crippen molar-refractivity contribution in [3.63, 3.8) is 0 Å². The first kappa shape index (κ1) is 13.8. The lowest BCUT2D eigenvalue weighted by atomic mass is 10.1. The van der Waals surface area contributed by atoms with Gasteiger partial charge in [0, 0.05) is 10.4 Å². The smallest absolute Gasteiger partial charge is 0.172 e. The van der Waals surface area contributed by atoms with E-state index >= 15 is 0 Å². The van der Waals surface area contributed by atoms with E-state index in [2.05, 4.69) is 23.0 Å². The van der Waals surface area contributed by atoms with E-state index in [1.165, 1.54) is 4.88 Å². The zero-order chi connectivity index (χ0) is 13.3. The lowest BCUT2D eigenvalue weighted by Crippen LogP contribution is -1.98. The van der Waals surface area contributed by atoms with E-state index in [9.17, 15) is 0 Å². The van der Waals surface area contributed by atoms with Gasteiger partial charge in [-0.25, -0.2) is 9.97 Å². The Balaban J connectivity index is 2.47. The molecule has 0 bridgehead atoms. The number of nitrogens with zero attached hydrogens (tertiary/aromatic N) is 2. The first-order valence-corrected chi connectivity index (χ1v) is 7.42. The molecule has 2 aromatic heterocycles. The summed E-state index contributed by atoms with van der Waals surface area (Å²) in [6, 6.07) is 4.10. The molecular weight excluding hydrogens is 287 g/mol. The van der Waals surface area contributed by atoms with Gasteiger partial charge in [0.15, 0.2) is 5.82 Å². The van der Waals surface area contributed by atoms with Crippen LogP contribution in [-0.2, 0) is 6.42 Å². The molecule has 0 fully saturated rings. The van der Waals surface area contributed by atoms with Gasteiger partial charge in [-0.05, 0) is 24.5 Å². The van der Waals surface area contributed by atoms with Crippen molar-refractivity contribution < 1.29 is 0 Å². The van der Waals surface area contributed by atoms with Crippen molar-refractivity contribution in [3.8, 4) is 10.7 Å². The second-order valence-corrected chi connectivity index (χ2v) is 6.20. The summed E-state index contributed by atoms with van der Waals surface area (Å²) in [5.74, 6) is 0.827. The van der Waals surface area contributed by atoms with Gasteiger partial charge in [0.2, 0.25) is 0 Å². The van der Waals surface area contributed by atoms with Crippen LogP contribution in [0.25, 0.3) is 10.7 Å². The Morgan fingerprint density at radius 3 is 2.22 bits per heavy atom. The van der Waals surface area contributed by atoms with Crippen molar-refractivity contribution in [2.24, 2.45) is 0 Å². The van der Waals surface area contributed by atoms with Gasteiger partial charge in [-0.2, -0.15) is 0 Å². The second kappa shape index (κ2) is 5.55. The van der Waals surface area contributed by atoms with Crippen LogP contribution in [0.5, 0.6) is 0 Å². The van der Waals surface area contributed by atoms with Gasteiger partial charge < -0.3 is 0 Å². The minimum absolute atomic E-state index is 0.216. The average molecular weight is 301 g/mol. The van der Waals surface area contributed by atoms with Gasteiger partial charge in [0.25, 0.3) is 0 Å². The van der Waals surface area contributed by atoms with Gasteiger partial charge in [-0.15, -0.1) is 11.3 Å². The summed E-state index contributed by atoms with van der Waals surface area (Å²) in [5.41, 5.74) is 0.814. The fourth-order valence-electron chi connectivity index (χ4n) is 1.69. The molecule has 2 rings (SSSR count). The van der Waals surface area contributed by atoms with Gasteiger partial charge in [0.05, 0.1) is 4.88 Å². The average Bonchev–Trinajstić information content (AvgIpc) is 2.75. The van der Waals surface area contributed by atoms with Crippen LogP contribution in [0.3, 0.4) is 0 Å². The second-order valence-electron chi connectivity index (χ2n) is 4.32. The third-order valence-electron chi connectivity index (χ3n) is 2.66. The molecule has 0 N–H and O–H groups in total. The SMILES string of the molecule is CCc1ccc(-c2nc(Cl)c(C(C)C)c(Cl)n2)s1. The molecule has 0 radical (unpaired) electrons. The summed E-state index contributed by atoms with van der Waals surface area (Å²) in [4.78, 5) is 11.0. The molecule has 0 amide bonds. The van der Waals surface area contributed by atoms with Crippen molar-refractivity contribution in [2.45, 2.75) is 33.1 Å². The minimum atomic E-state index is 0.216. The van der Waals surface area contributed by atoms with Crippen molar-refractivity contribution in [3.05, 3.63) is 32.9 Å². The van der Waals surface area contributed by atoms with E-state index in [-0.39, 0.29) is 5.92 Å². The van der Waals surface area contributed by atoms with E-state index in [4.69, 9.17) is 23.2 Å². The topological polar surface area (TPSA) is 25.8 Å². The predicted octanol–water partition coefficient (Wildman–Crippen LogP) is 5.20. The lowest BCUT2D eigenvalue weighted by Gasteiger charge is -2.10. The number of halogens is 2. The summed E-state index contributed by atoms with van der Waals surface area (Å²) >= 11 is 14.1. The van der Waals surface area contributed by atoms with Crippen molar-refractivity contribution in [1.82, 2.24) is 9.97 Å². The standard InChI is InChI=1S/C13H14Cl2N2S/c1-4-8-5-6-9(18-8)13-16-11(14)10(7(2)3)12(15)17-13/h5-7H,4H2,1-3H3. The Morgan fingerprint density at radius 1 is 1.17 bits per heavy atom. The molecule has 5 heteroatoms. The molecule has 0 spiro atoms. The van der Waals surface area contributed by atoms with E-state index in [1.807, 2.05) is 19.9 Å². The quantitative estimate of drug-likeness (QED) is 0.728. The lowest BCUT2D eigenvalue weighted by molar-refractivity contribution is 0.848. The molecular formula is C13H14Cl2N2S. The Labute approximate surface area is 121 Å². The van der Waals surface area contributed by atoms with Crippen molar-refractivity contribution in [2.75, 3.05) is 0 Å². The molecule has 0 unspecified atom stereocenters. The van der Waals surface area contributed by atoms with E-state index in [1.54, 1.807) is 11.3 Å². The zero-order valence-corrected chi connectivity index (χ0v) is 12.8. The van der Waals surface area contributed by atoms with Crippen LogP contribution in [0.2, 0.25) is 10.3 Å². The van der Waals surface area contributed by atoms with E-state index in [0.29, 0.717) is 16.1 Å². The molecule has 2 heterocycles. The predicted molar refractivity (Wildman–Crippen MR) is 78.8 cm³/mol. The largest absolute Gasteiger partial charge is 0.215 e. The number of hydrogen-bond donors (Lipinski definition) is 0. The van der Waals surface area contributed by atoms with Crippen LogP contribution in [-0.4, -0.2) is 9.97 Å². The molecule has 0 atom stereocenters. The number of hydrogen-bond acceptors (Lipinski definition) is 3. The van der Waals surface area contributed by atoms with Crippen LogP contribution in [0, 0.1) is 0 Å². The van der Waals surface area contributed by atoms with Crippen LogP contribution in [0.4, 0.5) is 0 Å². The normalized spacial score (nSPS) is 11.2. The fraction of sp³-hybridized carbons (Fsp3) is 0.385. The molecule has 18 heavy (non-hydrogen) atoms. The van der Waals surface area contributed by atoms with Gasteiger partial charge in [0.1, 0.15) is 10.3 Å². The highest BCUT2D eigenvalue weighted by molar-refractivity contribution is 7.15. The molecule has 0 saturated heterocycles. The monoisotopic (exact) mass is 300 g/mol. The molecule has 0 saturated carbocycles. The maximum absolute atomic E-state index is 6.19. The maximum atomic E-state index is 6.19. The van der Waals surface area contributed by atoms with Crippen molar-refractivity contribution in [1.29, 1.82) is 0 Å².